The fourth-order valence-corrected chi connectivity index (χ4v) is 3.47. The van der Waals surface area contributed by atoms with Crippen molar-refractivity contribution in [1.82, 2.24) is 10.5 Å². The van der Waals surface area contributed by atoms with Crippen LogP contribution in [-0.2, 0) is 0 Å². The summed E-state index contributed by atoms with van der Waals surface area (Å²) in [4.78, 5) is 25.3. The molecule has 3 aromatic rings. The highest BCUT2D eigenvalue weighted by Gasteiger charge is 2.24. The van der Waals surface area contributed by atoms with Gasteiger partial charge in [0, 0.05) is 29.4 Å². The van der Waals surface area contributed by atoms with E-state index in [0.717, 1.165) is 11.1 Å². The summed E-state index contributed by atoms with van der Waals surface area (Å²) in [7, 11) is 0. The van der Waals surface area contributed by atoms with Gasteiger partial charge in [0.15, 0.2) is 0 Å². The molecular weight excluding hydrogens is 442 g/mol. The van der Waals surface area contributed by atoms with Gasteiger partial charge in [0.25, 0.3) is 11.8 Å². The van der Waals surface area contributed by atoms with Gasteiger partial charge in [0.2, 0.25) is 5.76 Å². The molecule has 0 spiro atoms. The Bertz CT molecular complexity index is 1220. The van der Waals surface area contributed by atoms with Crippen LogP contribution in [0.2, 0.25) is 0 Å². The number of aliphatic hydroxyl groups excluding tert-OH is 1. The molecule has 186 valence electrons. The number of nitrogens with zero attached hydrogens (tertiary/aromatic N) is 1. The summed E-state index contributed by atoms with van der Waals surface area (Å²) in [5, 5.41) is 20.4. The van der Waals surface area contributed by atoms with E-state index in [1.165, 1.54) is 0 Å². The predicted molar refractivity (Wildman–Crippen MR) is 137 cm³/mol. The zero-order chi connectivity index (χ0) is 26.0. The highest BCUT2D eigenvalue weighted by atomic mass is 16.5. The molecule has 0 saturated carbocycles. The van der Waals surface area contributed by atoms with Crippen molar-refractivity contribution in [3.63, 3.8) is 0 Å². The van der Waals surface area contributed by atoms with Crippen molar-refractivity contribution >= 4 is 17.5 Å². The number of anilines is 1. The molecule has 0 radical (unpaired) electrons. The molecule has 7 heteroatoms. The summed E-state index contributed by atoms with van der Waals surface area (Å²) in [6.45, 7) is 14.4. The average Bonchev–Trinajstić information content (AvgIpc) is 3.27. The van der Waals surface area contributed by atoms with Crippen LogP contribution in [0.15, 0.2) is 53.1 Å². The number of aliphatic hydroxyl groups is 1. The molecule has 0 fully saturated rings. The number of aromatic nitrogens is 1. The van der Waals surface area contributed by atoms with E-state index < -0.39 is 6.10 Å². The summed E-state index contributed by atoms with van der Waals surface area (Å²) in [5.74, 6) is -0.476. The molecule has 0 bridgehead atoms. The minimum atomic E-state index is -0.691. The van der Waals surface area contributed by atoms with Gasteiger partial charge in [0.05, 0.1) is 6.10 Å². The number of aryl methyl sites for hydroxylation is 1. The first-order valence-corrected chi connectivity index (χ1v) is 11.7. The number of hydrogen-bond donors (Lipinski definition) is 3. The van der Waals surface area contributed by atoms with E-state index in [-0.39, 0.29) is 28.4 Å². The van der Waals surface area contributed by atoms with Crippen molar-refractivity contribution < 1.29 is 19.2 Å². The Morgan fingerprint density at radius 2 is 1.71 bits per heavy atom. The first kappa shape index (κ1) is 26.2. The third-order valence-electron chi connectivity index (χ3n) is 5.57. The molecule has 35 heavy (non-hydrogen) atoms. The smallest absolute Gasteiger partial charge is 0.289 e. The van der Waals surface area contributed by atoms with Crippen LogP contribution in [0.25, 0.3) is 11.3 Å². The lowest BCUT2D eigenvalue weighted by atomic mass is 9.84. The van der Waals surface area contributed by atoms with Crippen molar-refractivity contribution in [1.29, 1.82) is 0 Å². The Hall–Kier alpha value is -3.45. The number of amides is 2. The van der Waals surface area contributed by atoms with E-state index in [4.69, 9.17) is 4.52 Å². The van der Waals surface area contributed by atoms with E-state index in [2.05, 4.69) is 15.8 Å². The van der Waals surface area contributed by atoms with Gasteiger partial charge in [-0.2, -0.15) is 0 Å². The van der Waals surface area contributed by atoms with Crippen LogP contribution in [0.4, 0.5) is 5.69 Å². The van der Waals surface area contributed by atoms with Crippen LogP contribution in [0.3, 0.4) is 0 Å². The summed E-state index contributed by atoms with van der Waals surface area (Å²) in [6.07, 6.45) is -0.691. The summed E-state index contributed by atoms with van der Waals surface area (Å²) >= 11 is 0. The maximum absolute atomic E-state index is 12.9. The number of hydrogen-bond acceptors (Lipinski definition) is 5. The van der Waals surface area contributed by atoms with Crippen molar-refractivity contribution in [2.45, 2.75) is 54.6 Å². The van der Waals surface area contributed by atoms with Crippen LogP contribution in [-0.4, -0.2) is 28.6 Å². The molecule has 3 N–H and O–H groups in total. The Kier molecular flexibility index (Phi) is 7.50. The first-order chi connectivity index (χ1) is 16.2. The standard InChI is InChI=1S/C28H35N3O4/c1-17-11-12-20(30-25(33)19-10-8-9-18(13-19)24(32)28(5,6)7)14-21(17)22-15-23(35-31-22)26(34)29-16-27(2,3)4/h8-15,24,32H,16H2,1-7H3,(H,29,34)(H,30,33). The van der Waals surface area contributed by atoms with Crippen molar-refractivity contribution in [3.05, 3.63) is 71.0 Å². The molecule has 1 unspecified atom stereocenters. The third kappa shape index (κ3) is 6.79. The van der Waals surface area contributed by atoms with Crippen LogP contribution in [0, 0.1) is 17.8 Å². The van der Waals surface area contributed by atoms with E-state index in [9.17, 15) is 14.7 Å². The normalized spacial score (nSPS) is 12.8. The second-order valence-corrected chi connectivity index (χ2v) is 11.2. The Morgan fingerprint density at radius 1 is 1.00 bits per heavy atom. The predicted octanol–water partition coefficient (Wildman–Crippen LogP) is 5.76. The lowest BCUT2D eigenvalue weighted by Crippen LogP contribution is -2.31. The van der Waals surface area contributed by atoms with Gasteiger partial charge < -0.3 is 20.3 Å². The largest absolute Gasteiger partial charge is 0.388 e. The Morgan fingerprint density at radius 3 is 2.37 bits per heavy atom. The number of carbonyl (C=O) groups is 2. The maximum atomic E-state index is 12.9. The zero-order valence-corrected chi connectivity index (χ0v) is 21.5. The molecule has 0 aliphatic carbocycles. The molecule has 0 saturated heterocycles. The van der Waals surface area contributed by atoms with Crippen LogP contribution in [0.1, 0.15) is 79.7 Å². The minimum absolute atomic E-state index is 0.0496. The van der Waals surface area contributed by atoms with E-state index in [0.29, 0.717) is 29.1 Å². The summed E-state index contributed by atoms with van der Waals surface area (Å²) < 4.78 is 5.28. The average molecular weight is 478 g/mol. The molecule has 1 heterocycles. The molecule has 2 amide bonds. The van der Waals surface area contributed by atoms with Gasteiger partial charge in [-0.05, 0) is 53.1 Å². The number of benzene rings is 2. The second kappa shape index (κ2) is 10.0. The van der Waals surface area contributed by atoms with Crippen LogP contribution < -0.4 is 10.6 Å². The van der Waals surface area contributed by atoms with Crippen molar-refractivity contribution in [2.24, 2.45) is 10.8 Å². The molecule has 2 aromatic carbocycles. The lowest BCUT2D eigenvalue weighted by molar-refractivity contribution is 0.0626. The maximum Gasteiger partial charge on any atom is 0.289 e. The van der Waals surface area contributed by atoms with Gasteiger partial charge in [-0.15, -0.1) is 0 Å². The topological polar surface area (TPSA) is 104 Å². The van der Waals surface area contributed by atoms with E-state index >= 15 is 0 Å². The van der Waals surface area contributed by atoms with E-state index in [1.54, 1.807) is 30.3 Å². The minimum Gasteiger partial charge on any atom is -0.388 e. The summed E-state index contributed by atoms with van der Waals surface area (Å²) in [6, 6.07) is 14.1. The molecule has 3 rings (SSSR count). The van der Waals surface area contributed by atoms with Gasteiger partial charge in [-0.25, -0.2) is 0 Å². The van der Waals surface area contributed by atoms with E-state index in [1.807, 2.05) is 66.7 Å². The zero-order valence-electron chi connectivity index (χ0n) is 21.5. The first-order valence-electron chi connectivity index (χ1n) is 11.7. The van der Waals surface area contributed by atoms with Crippen molar-refractivity contribution in [2.75, 3.05) is 11.9 Å². The lowest BCUT2D eigenvalue weighted by Gasteiger charge is -2.26. The quantitative estimate of drug-likeness (QED) is 0.419. The monoisotopic (exact) mass is 477 g/mol. The molecule has 1 aromatic heterocycles. The van der Waals surface area contributed by atoms with Crippen LogP contribution in [0.5, 0.6) is 0 Å². The van der Waals surface area contributed by atoms with Gasteiger partial charge in [-0.3, -0.25) is 9.59 Å². The summed E-state index contributed by atoms with van der Waals surface area (Å²) in [5.41, 5.74) is 3.51. The molecule has 0 aliphatic rings. The molecule has 1 atom stereocenters. The fraction of sp³-hybridized carbons (Fsp3) is 0.393. The number of rotatable bonds is 6. The molecular formula is C28H35N3O4. The highest BCUT2D eigenvalue weighted by molar-refractivity contribution is 6.04. The second-order valence-electron chi connectivity index (χ2n) is 11.2. The molecule has 0 aliphatic heterocycles. The van der Waals surface area contributed by atoms with Gasteiger partial charge >= 0.3 is 0 Å². The highest BCUT2D eigenvalue weighted by Crippen LogP contribution is 2.33. The third-order valence-corrected chi connectivity index (χ3v) is 5.57. The van der Waals surface area contributed by atoms with Crippen LogP contribution >= 0.6 is 0 Å². The number of carbonyl (C=O) groups excluding carboxylic acids is 2. The van der Waals surface area contributed by atoms with Gasteiger partial charge in [-0.1, -0.05) is 64.9 Å². The SMILES string of the molecule is Cc1ccc(NC(=O)c2cccc(C(O)C(C)(C)C)c2)cc1-c1cc(C(=O)NCC(C)(C)C)on1. The fourth-order valence-electron chi connectivity index (χ4n) is 3.47. The number of nitrogens with one attached hydrogen (secondary N) is 2. The molecule has 7 nitrogen and oxygen atoms in total. The Balaban J connectivity index is 1.78. The Labute approximate surface area is 206 Å². The van der Waals surface area contributed by atoms with Crippen molar-refractivity contribution in [3.8, 4) is 11.3 Å². The van der Waals surface area contributed by atoms with Gasteiger partial charge in [0.1, 0.15) is 5.69 Å².